The molecule has 0 saturated carbocycles. The number of rotatable bonds is 8. The minimum absolute atomic E-state index is 0.0230. The molecular weight excluding hydrogens is 686 g/mol. The molecule has 16 nitrogen and oxygen atoms in total. The van der Waals surface area contributed by atoms with Crippen LogP contribution in [0, 0.1) is 28.7 Å². The Bertz CT molecular complexity index is 2340. The van der Waals surface area contributed by atoms with Gasteiger partial charge in [-0.15, -0.1) is 0 Å². The number of hydrogen-bond donors (Lipinski definition) is 1. The fourth-order valence-electron chi connectivity index (χ4n) is 5.26. The molecule has 5 aromatic rings. The Morgan fingerprint density at radius 1 is 1.02 bits per heavy atom. The fraction of sp³-hybridized carbons (Fsp3) is 0.206. The minimum Gasteiger partial charge on any atom is -0.435 e. The number of amides is 2. The van der Waals surface area contributed by atoms with Crippen molar-refractivity contribution in [2.75, 3.05) is 11.9 Å². The number of carbonyl (C=O) groups is 2. The number of nitrogens with one attached hydrogen (secondary N) is 1. The summed E-state index contributed by atoms with van der Waals surface area (Å²) in [5, 5.41) is 13.1. The molecule has 0 atom stereocenters. The monoisotopic (exact) mass is 714 g/mol. The molecule has 0 unspecified atom stereocenters. The molecule has 2 amide bonds. The van der Waals surface area contributed by atoms with Crippen LogP contribution in [0.5, 0.6) is 17.4 Å². The lowest BCUT2D eigenvalue weighted by atomic mass is 10.1. The van der Waals surface area contributed by atoms with Crippen LogP contribution in [0.4, 0.5) is 25.0 Å². The number of halogens is 2. The number of fused-ring (bicyclic) bond motifs is 1. The van der Waals surface area contributed by atoms with Crippen LogP contribution < -0.4 is 26.0 Å². The lowest BCUT2D eigenvalue weighted by Gasteiger charge is -2.27. The van der Waals surface area contributed by atoms with Gasteiger partial charge in [0.25, 0.3) is 17.2 Å². The van der Waals surface area contributed by atoms with Crippen molar-refractivity contribution in [3.63, 3.8) is 0 Å². The number of non-ortho nitro benzene ring substituents is 1. The standard InChI is InChI=1S/C34H28F2N8O8/c1-18(2)42-15-23(32(46)43(33(42)47)29-9-4-19(3)14-37-29)30(45)40-26-12-25(36)28(13-24(26)35)52-31-22-10-11-41(16-27(22)38-17-39-31)34(48)51-21-7-5-20(6-8-21)44(49)50/h4-9,12-15,17-18H,10-11,16H2,1-3H3,(H,40,45). The van der Waals surface area contributed by atoms with E-state index >= 15 is 8.78 Å². The van der Waals surface area contributed by atoms with Gasteiger partial charge in [-0.3, -0.25) is 24.3 Å². The Hall–Kier alpha value is -6.85. The fourth-order valence-corrected chi connectivity index (χ4v) is 5.26. The van der Waals surface area contributed by atoms with Gasteiger partial charge in [0.05, 0.1) is 22.8 Å². The highest BCUT2D eigenvalue weighted by molar-refractivity contribution is 6.04. The van der Waals surface area contributed by atoms with E-state index in [9.17, 15) is 29.3 Å². The van der Waals surface area contributed by atoms with Crippen LogP contribution in [-0.2, 0) is 13.0 Å². The van der Waals surface area contributed by atoms with Crippen molar-refractivity contribution in [3.8, 4) is 23.2 Å². The molecule has 1 aliphatic rings. The van der Waals surface area contributed by atoms with Crippen LogP contribution in [0.25, 0.3) is 5.82 Å². The number of ether oxygens (including phenoxy) is 2. The summed E-state index contributed by atoms with van der Waals surface area (Å²) in [6, 6.07) is 8.95. The molecule has 52 heavy (non-hydrogen) atoms. The maximum atomic E-state index is 15.4. The molecule has 3 aromatic heterocycles. The Kier molecular flexibility index (Phi) is 9.54. The summed E-state index contributed by atoms with van der Waals surface area (Å²) in [6.07, 6.45) is 3.05. The summed E-state index contributed by atoms with van der Waals surface area (Å²) in [4.78, 5) is 76.6. The van der Waals surface area contributed by atoms with Crippen molar-refractivity contribution in [2.45, 2.75) is 39.8 Å². The normalized spacial score (nSPS) is 12.3. The van der Waals surface area contributed by atoms with Gasteiger partial charge in [0, 0.05) is 54.8 Å². The average Bonchev–Trinajstić information content (AvgIpc) is 3.11. The van der Waals surface area contributed by atoms with E-state index in [-0.39, 0.29) is 42.6 Å². The van der Waals surface area contributed by atoms with E-state index in [0.717, 1.165) is 27.2 Å². The van der Waals surface area contributed by atoms with Gasteiger partial charge < -0.3 is 19.7 Å². The number of nitrogens with zero attached hydrogens (tertiary/aromatic N) is 7. The molecule has 0 aliphatic carbocycles. The van der Waals surface area contributed by atoms with Crippen LogP contribution in [0.1, 0.15) is 47.1 Å². The summed E-state index contributed by atoms with van der Waals surface area (Å²) in [5.41, 5.74) is -1.49. The van der Waals surface area contributed by atoms with Gasteiger partial charge in [-0.1, -0.05) is 6.07 Å². The minimum atomic E-state index is -1.11. The Labute approximate surface area is 292 Å². The summed E-state index contributed by atoms with van der Waals surface area (Å²) in [5.74, 6) is -3.88. The predicted molar refractivity (Wildman–Crippen MR) is 179 cm³/mol. The van der Waals surface area contributed by atoms with E-state index in [2.05, 4.69) is 20.3 Å². The SMILES string of the molecule is Cc1ccc(-n2c(=O)c(C(=O)Nc3cc(F)c(Oc4ncnc5c4CCN(C(=O)Oc4ccc([N+](=O)[O-])cc4)C5)cc3F)cn(C(C)C)c2=O)nc1. The molecule has 2 aromatic carbocycles. The number of benzene rings is 2. The molecule has 0 spiro atoms. The molecule has 0 fully saturated rings. The zero-order valence-corrected chi connectivity index (χ0v) is 27.7. The number of nitro benzene ring substituents is 1. The van der Waals surface area contributed by atoms with Gasteiger partial charge >= 0.3 is 11.8 Å². The topological polar surface area (TPSA) is 194 Å². The van der Waals surface area contributed by atoms with Crippen molar-refractivity contribution in [1.29, 1.82) is 0 Å². The molecule has 6 rings (SSSR count). The highest BCUT2D eigenvalue weighted by Gasteiger charge is 2.28. The molecular formula is C34H28F2N8O8. The zero-order valence-electron chi connectivity index (χ0n) is 27.7. The second-order valence-corrected chi connectivity index (χ2v) is 11.9. The number of aryl methyl sites for hydroxylation is 1. The van der Waals surface area contributed by atoms with Gasteiger partial charge in [-0.2, -0.15) is 0 Å². The predicted octanol–water partition coefficient (Wildman–Crippen LogP) is 4.86. The molecule has 0 saturated heterocycles. The highest BCUT2D eigenvalue weighted by Crippen LogP contribution is 2.33. The summed E-state index contributed by atoms with van der Waals surface area (Å²) in [6.45, 7) is 5.18. The van der Waals surface area contributed by atoms with Gasteiger partial charge in [0.15, 0.2) is 17.4 Å². The maximum Gasteiger partial charge on any atom is 0.415 e. The number of pyridine rings is 1. The van der Waals surface area contributed by atoms with Crippen LogP contribution in [-0.4, -0.2) is 52.5 Å². The lowest BCUT2D eigenvalue weighted by Crippen LogP contribution is -2.43. The first-order chi connectivity index (χ1) is 24.8. The third-order valence-electron chi connectivity index (χ3n) is 7.99. The van der Waals surface area contributed by atoms with Gasteiger partial charge in [0.2, 0.25) is 5.88 Å². The second kappa shape index (κ2) is 14.2. The Morgan fingerprint density at radius 2 is 1.77 bits per heavy atom. The largest absolute Gasteiger partial charge is 0.435 e. The summed E-state index contributed by atoms with van der Waals surface area (Å²) >= 11 is 0. The van der Waals surface area contributed by atoms with Crippen molar-refractivity contribution in [1.82, 2.24) is 29.0 Å². The van der Waals surface area contributed by atoms with Crippen molar-refractivity contribution in [2.24, 2.45) is 0 Å². The van der Waals surface area contributed by atoms with Crippen molar-refractivity contribution in [3.05, 3.63) is 132 Å². The van der Waals surface area contributed by atoms with Crippen LogP contribution >= 0.6 is 0 Å². The smallest absolute Gasteiger partial charge is 0.415 e. The molecule has 18 heteroatoms. The molecule has 0 bridgehead atoms. The zero-order chi connectivity index (χ0) is 37.3. The summed E-state index contributed by atoms with van der Waals surface area (Å²) in [7, 11) is 0. The number of carbonyl (C=O) groups excluding carboxylic acids is 2. The third kappa shape index (κ3) is 7.07. The molecule has 0 radical (unpaired) electrons. The van der Waals surface area contributed by atoms with E-state index in [1.54, 1.807) is 26.8 Å². The van der Waals surface area contributed by atoms with Crippen LogP contribution in [0.3, 0.4) is 0 Å². The van der Waals surface area contributed by atoms with E-state index in [1.807, 2.05) is 0 Å². The first-order valence-electron chi connectivity index (χ1n) is 15.6. The second-order valence-electron chi connectivity index (χ2n) is 11.9. The molecule has 4 heterocycles. The average molecular weight is 715 g/mol. The number of anilines is 1. The number of aromatic nitrogens is 5. The van der Waals surface area contributed by atoms with Crippen molar-refractivity contribution < 1.29 is 32.8 Å². The van der Waals surface area contributed by atoms with Crippen LogP contribution in [0.15, 0.2) is 76.8 Å². The van der Waals surface area contributed by atoms with E-state index in [4.69, 9.17) is 9.47 Å². The van der Waals surface area contributed by atoms with Gasteiger partial charge in [0.1, 0.15) is 23.5 Å². The number of nitro groups is 1. The highest BCUT2D eigenvalue weighted by atomic mass is 19.1. The molecule has 266 valence electrons. The third-order valence-corrected chi connectivity index (χ3v) is 7.99. The lowest BCUT2D eigenvalue weighted by molar-refractivity contribution is -0.384. The first-order valence-corrected chi connectivity index (χ1v) is 15.6. The molecule has 1 aliphatic heterocycles. The molecule has 1 N–H and O–H groups in total. The quantitative estimate of drug-likeness (QED) is 0.170. The van der Waals surface area contributed by atoms with Crippen molar-refractivity contribution >= 4 is 23.4 Å². The Morgan fingerprint density at radius 3 is 2.44 bits per heavy atom. The number of hydrogen-bond acceptors (Lipinski definition) is 11. The van der Waals surface area contributed by atoms with E-state index < -0.39 is 62.8 Å². The summed E-state index contributed by atoms with van der Waals surface area (Å²) < 4.78 is 43.5. The van der Waals surface area contributed by atoms with Gasteiger partial charge in [-0.05, 0) is 51.0 Å². The van der Waals surface area contributed by atoms with Gasteiger partial charge in [-0.25, -0.2) is 37.9 Å². The maximum absolute atomic E-state index is 15.4. The van der Waals surface area contributed by atoms with Crippen LogP contribution in [0.2, 0.25) is 0 Å². The van der Waals surface area contributed by atoms with E-state index in [0.29, 0.717) is 23.4 Å². The van der Waals surface area contributed by atoms with E-state index in [1.165, 1.54) is 41.4 Å². The Balaban J connectivity index is 1.19. The first kappa shape index (κ1) is 35.0.